The van der Waals surface area contributed by atoms with Gasteiger partial charge in [-0.15, -0.1) is 0 Å². The highest BCUT2D eigenvalue weighted by atomic mass is 32.2. The van der Waals surface area contributed by atoms with Crippen LogP contribution in [-0.2, 0) is 9.84 Å². The summed E-state index contributed by atoms with van der Waals surface area (Å²) in [6.07, 6.45) is 2.12. The molecule has 0 atom stereocenters. The van der Waals surface area contributed by atoms with Crippen molar-refractivity contribution in [2.45, 2.75) is 31.1 Å². The van der Waals surface area contributed by atoms with Crippen LogP contribution in [0.4, 0.5) is 0 Å². The number of rotatable bonds is 7. The molecule has 8 heteroatoms. The molecule has 19 heavy (non-hydrogen) atoms. The van der Waals surface area contributed by atoms with Crippen molar-refractivity contribution in [3.63, 3.8) is 0 Å². The average Bonchev–Trinajstić information content (AvgIpc) is 2.74. The zero-order valence-electron chi connectivity index (χ0n) is 10.6. The maximum Gasteiger partial charge on any atom is 0.266 e. The highest BCUT2D eigenvalue weighted by Crippen LogP contribution is 2.19. The smallest absolute Gasteiger partial charge is 0.266 e. The molecule has 1 rings (SSSR count). The third-order valence-electron chi connectivity index (χ3n) is 2.65. The van der Waals surface area contributed by atoms with Crippen molar-refractivity contribution in [3.8, 4) is 0 Å². The number of carbonyl (C=O) groups excluding carboxylic acids is 2. The fourth-order valence-corrected chi connectivity index (χ4v) is 3.21. The molecule has 1 heterocycles. The molecule has 0 unspecified atom stereocenters. The van der Waals surface area contributed by atoms with Crippen molar-refractivity contribution in [1.29, 1.82) is 0 Å². The van der Waals surface area contributed by atoms with Crippen molar-refractivity contribution in [2.24, 2.45) is 11.5 Å². The maximum absolute atomic E-state index is 12.1. The van der Waals surface area contributed by atoms with E-state index in [4.69, 9.17) is 11.5 Å². The van der Waals surface area contributed by atoms with Gasteiger partial charge in [0.1, 0.15) is 11.4 Å². The number of amides is 2. The van der Waals surface area contributed by atoms with E-state index in [-0.39, 0.29) is 22.0 Å². The SMILES string of the molecule is CCCCCS(=O)(=O)c1cc(C(N)=O)[nH]c1C(N)=O. The second-order valence-corrected chi connectivity index (χ2v) is 6.25. The van der Waals surface area contributed by atoms with E-state index in [1.807, 2.05) is 6.92 Å². The molecule has 106 valence electrons. The summed E-state index contributed by atoms with van der Waals surface area (Å²) in [7, 11) is -3.66. The quantitative estimate of drug-likeness (QED) is 0.616. The Morgan fingerprint density at radius 2 is 1.84 bits per heavy atom. The number of nitrogens with two attached hydrogens (primary N) is 2. The first-order valence-corrected chi connectivity index (χ1v) is 7.50. The van der Waals surface area contributed by atoms with Crippen molar-refractivity contribution >= 4 is 21.7 Å². The fourth-order valence-electron chi connectivity index (χ4n) is 1.65. The van der Waals surface area contributed by atoms with Crippen molar-refractivity contribution in [3.05, 3.63) is 17.5 Å². The lowest BCUT2D eigenvalue weighted by Crippen LogP contribution is -2.17. The van der Waals surface area contributed by atoms with Gasteiger partial charge in [-0.2, -0.15) is 0 Å². The van der Waals surface area contributed by atoms with E-state index in [0.717, 1.165) is 18.9 Å². The van der Waals surface area contributed by atoms with Crippen molar-refractivity contribution < 1.29 is 18.0 Å². The number of H-pyrrole nitrogens is 1. The van der Waals surface area contributed by atoms with E-state index >= 15 is 0 Å². The summed E-state index contributed by atoms with van der Waals surface area (Å²) in [5.41, 5.74) is 9.69. The normalized spacial score (nSPS) is 11.4. The highest BCUT2D eigenvalue weighted by Gasteiger charge is 2.25. The Morgan fingerprint density at radius 1 is 1.21 bits per heavy atom. The Morgan fingerprint density at radius 3 is 2.32 bits per heavy atom. The van der Waals surface area contributed by atoms with Gasteiger partial charge in [-0.05, 0) is 12.5 Å². The molecule has 0 aliphatic rings. The van der Waals surface area contributed by atoms with E-state index in [2.05, 4.69) is 4.98 Å². The van der Waals surface area contributed by atoms with Crippen LogP contribution in [-0.4, -0.2) is 31.0 Å². The molecular weight excluding hydrogens is 270 g/mol. The number of aromatic amines is 1. The minimum Gasteiger partial charge on any atom is -0.364 e. The summed E-state index contributed by atoms with van der Waals surface area (Å²) in [5.74, 6) is -1.89. The van der Waals surface area contributed by atoms with Gasteiger partial charge >= 0.3 is 0 Å². The third kappa shape index (κ3) is 3.57. The van der Waals surface area contributed by atoms with Crippen LogP contribution in [0, 0.1) is 0 Å². The largest absolute Gasteiger partial charge is 0.364 e. The Kier molecular flexibility index (Phi) is 4.71. The van der Waals surface area contributed by atoms with Gasteiger partial charge in [0.25, 0.3) is 11.8 Å². The lowest BCUT2D eigenvalue weighted by atomic mass is 10.3. The zero-order chi connectivity index (χ0) is 14.6. The summed E-state index contributed by atoms with van der Waals surface area (Å²) < 4.78 is 24.2. The number of carbonyl (C=O) groups is 2. The first-order valence-electron chi connectivity index (χ1n) is 5.85. The minimum absolute atomic E-state index is 0.100. The molecule has 2 amide bonds. The van der Waals surface area contributed by atoms with Gasteiger partial charge in [-0.1, -0.05) is 19.8 Å². The van der Waals surface area contributed by atoms with Crippen LogP contribution in [0.15, 0.2) is 11.0 Å². The van der Waals surface area contributed by atoms with Crippen molar-refractivity contribution in [2.75, 3.05) is 5.75 Å². The number of sulfone groups is 1. The standard InChI is InChI=1S/C11H17N3O4S/c1-2-3-4-5-19(17,18)8-6-7(10(12)15)14-9(8)11(13)16/h6,14H,2-5H2,1H3,(H2,12,15)(H2,13,16). The molecule has 0 saturated heterocycles. The summed E-state index contributed by atoms with van der Waals surface area (Å²) >= 11 is 0. The summed E-state index contributed by atoms with van der Waals surface area (Å²) in [6, 6.07) is 1.06. The Labute approximate surface area is 111 Å². The molecule has 0 saturated carbocycles. The number of primary amides is 2. The summed E-state index contributed by atoms with van der Waals surface area (Å²) in [5, 5.41) is 0. The lowest BCUT2D eigenvalue weighted by Gasteiger charge is -2.03. The highest BCUT2D eigenvalue weighted by molar-refractivity contribution is 7.91. The molecule has 5 N–H and O–H groups in total. The molecule has 7 nitrogen and oxygen atoms in total. The van der Waals surface area contributed by atoms with E-state index in [0.29, 0.717) is 6.42 Å². The molecule has 1 aromatic heterocycles. The van der Waals surface area contributed by atoms with Gasteiger partial charge in [-0.25, -0.2) is 8.42 Å². The molecule has 0 bridgehead atoms. The van der Waals surface area contributed by atoms with Crippen LogP contribution in [0.5, 0.6) is 0 Å². The summed E-state index contributed by atoms with van der Waals surface area (Å²) in [6.45, 7) is 1.95. The number of aromatic nitrogens is 1. The molecule has 0 aliphatic heterocycles. The topological polar surface area (TPSA) is 136 Å². The van der Waals surface area contributed by atoms with Crippen LogP contribution in [0.3, 0.4) is 0 Å². The van der Waals surface area contributed by atoms with Gasteiger partial charge in [0.2, 0.25) is 0 Å². The number of unbranched alkanes of at least 4 members (excludes halogenated alkanes) is 2. The molecule has 1 aromatic rings. The average molecular weight is 287 g/mol. The van der Waals surface area contributed by atoms with Crippen LogP contribution in [0.1, 0.15) is 47.2 Å². The van der Waals surface area contributed by atoms with E-state index < -0.39 is 21.7 Å². The molecule has 0 spiro atoms. The molecule has 0 aromatic carbocycles. The van der Waals surface area contributed by atoms with Gasteiger partial charge in [-0.3, -0.25) is 9.59 Å². The van der Waals surface area contributed by atoms with Crippen LogP contribution in [0.2, 0.25) is 0 Å². The summed E-state index contributed by atoms with van der Waals surface area (Å²) in [4.78, 5) is 24.3. The Hall–Kier alpha value is -1.83. The predicted octanol–water partition coefficient (Wildman–Crippen LogP) is 0.176. The van der Waals surface area contributed by atoms with Gasteiger partial charge in [0.15, 0.2) is 9.84 Å². The number of nitrogens with one attached hydrogen (secondary N) is 1. The first kappa shape index (κ1) is 15.2. The number of hydrogen-bond acceptors (Lipinski definition) is 4. The lowest BCUT2D eigenvalue weighted by molar-refractivity contribution is 0.0993. The molecule has 0 radical (unpaired) electrons. The van der Waals surface area contributed by atoms with Gasteiger partial charge < -0.3 is 16.5 Å². The third-order valence-corrected chi connectivity index (χ3v) is 4.46. The first-order chi connectivity index (χ1) is 8.79. The minimum atomic E-state index is -3.66. The predicted molar refractivity (Wildman–Crippen MR) is 69.4 cm³/mol. The maximum atomic E-state index is 12.1. The van der Waals surface area contributed by atoms with E-state index in [1.165, 1.54) is 0 Å². The second-order valence-electron chi connectivity index (χ2n) is 4.18. The van der Waals surface area contributed by atoms with Crippen LogP contribution < -0.4 is 11.5 Å². The molecular formula is C11H17N3O4S. The molecule has 0 fully saturated rings. The Bertz CT molecular complexity index is 589. The Balaban J connectivity index is 3.17. The van der Waals surface area contributed by atoms with Crippen LogP contribution in [0.25, 0.3) is 0 Å². The fraction of sp³-hybridized carbons (Fsp3) is 0.455. The monoisotopic (exact) mass is 287 g/mol. The van der Waals surface area contributed by atoms with Gasteiger partial charge in [0, 0.05) is 0 Å². The van der Waals surface area contributed by atoms with Crippen molar-refractivity contribution in [1.82, 2.24) is 4.98 Å². The second kappa shape index (κ2) is 5.87. The number of hydrogen-bond donors (Lipinski definition) is 3. The van der Waals surface area contributed by atoms with Gasteiger partial charge in [0.05, 0.1) is 10.6 Å². The van der Waals surface area contributed by atoms with Crippen LogP contribution >= 0.6 is 0 Å². The zero-order valence-corrected chi connectivity index (χ0v) is 11.4. The van der Waals surface area contributed by atoms with E-state index in [1.54, 1.807) is 0 Å². The van der Waals surface area contributed by atoms with E-state index in [9.17, 15) is 18.0 Å². The molecule has 0 aliphatic carbocycles.